The molecule has 1 rings (SSSR count). The summed E-state index contributed by atoms with van der Waals surface area (Å²) in [6.07, 6.45) is -3.20. The van der Waals surface area contributed by atoms with Crippen molar-refractivity contribution in [3.63, 3.8) is 0 Å². The molecule has 0 aliphatic heterocycles. The predicted molar refractivity (Wildman–Crippen MR) is 51.8 cm³/mol. The number of aliphatic hydroxyl groups is 1. The highest BCUT2D eigenvalue weighted by molar-refractivity contribution is 7.11. The van der Waals surface area contributed by atoms with Crippen molar-refractivity contribution in [3.05, 3.63) is 16.1 Å². The molecule has 1 aromatic heterocycles. The number of aromatic nitrogens is 1. The number of hydrogen-bond donors (Lipinski definition) is 1. The summed E-state index contributed by atoms with van der Waals surface area (Å²) in [5.41, 5.74) is 0. The number of alkyl halides is 3. The molecule has 0 amide bonds. The van der Waals surface area contributed by atoms with Gasteiger partial charge in [-0.1, -0.05) is 6.92 Å². The molecule has 2 nitrogen and oxygen atoms in total. The number of hydrogen-bond acceptors (Lipinski definition) is 3. The standard InChI is InChI=1S/C9H12F3NOS/c1-5(3-6(2)14)7-4-13-8(15-7)9(10,11)12/h4-6,14H,3H2,1-2H3. The molecule has 6 heteroatoms. The van der Waals surface area contributed by atoms with E-state index >= 15 is 0 Å². The second-order valence-electron chi connectivity index (χ2n) is 3.55. The number of rotatable bonds is 3. The molecule has 0 fully saturated rings. The highest BCUT2D eigenvalue weighted by Crippen LogP contribution is 2.35. The fraction of sp³-hybridized carbons (Fsp3) is 0.667. The van der Waals surface area contributed by atoms with Crippen LogP contribution in [0.15, 0.2) is 6.20 Å². The lowest BCUT2D eigenvalue weighted by Gasteiger charge is -2.10. The van der Waals surface area contributed by atoms with Crippen molar-refractivity contribution in [2.75, 3.05) is 0 Å². The molecular weight excluding hydrogens is 227 g/mol. The topological polar surface area (TPSA) is 33.1 Å². The van der Waals surface area contributed by atoms with E-state index in [9.17, 15) is 13.2 Å². The first-order valence-corrected chi connectivity index (χ1v) is 5.33. The van der Waals surface area contributed by atoms with Gasteiger partial charge in [0.05, 0.1) is 6.10 Å². The molecule has 0 spiro atoms. The van der Waals surface area contributed by atoms with E-state index in [-0.39, 0.29) is 5.92 Å². The van der Waals surface area contributed by atoms with Gasteiger partial charge in [-0.2, -0.15) is 13.2 Å². The Morgan fingerprint density at radius 3 is 2.47 bits per heavy atom. The van der Waals surface area contributed by atoms with Crippen LogP contribution in [0.3, 0.4) is 0 Å². The Morgan fingerprint density at radius 1 is 1.47 bits per heavy atom. The minimum Gasteiger partial charge on any atom is -0.393 e. The zero-order valence-corrected chi connectivity index (χ0v) is 9.19. The largest absolute Gasteiger partial charge is 0.443 e. The highest BCUT2D eigenvalue weighted by Gasteiger charge is 2.34. The van der Waals surface area contributed by atoms with Crippen LogP contribution < -0.4 is 0 Å². The first kappa shape index (κ1) is 12.4. The summed E-state index contributed by atoms with van der Waals surface area (Å²) < 4.78 is 36.7. The van der Waals surface area contributed by atoms with Crippen LogP contribution in [0, 0.1) is 0 Å². The molecule has 1 aromatic rings. The Morgan fingerprint density at radius 2 is 2.07 bits per heavy atom. The van der Waals surface area contributed by atoms with Crippen molar-refractivity contribution in [3.8, 4) is 0 Å². The smallest absolute Gasteiger partial charge is 0.393 e. The van der Waals surface area contributed by atoms with E-state index in [1.54, 1.807) is 13.8 Å². The van der Waals surface area contributed by atoms with E-state index in [0.29, 0.717) is 22.6 Å². The van der Waals surface area contributed by atoms with E-state index in [4.69, 9.17) is 5.11 Å². The molecule has 0 saturated heterocycles. The van der Waals surface area contributed by atoms with E-state index < -0.39 is 17.3 Å². The molecule has 86 valence electrons. The van der Waals surface area contributed by atoms with E-state index in [0.717, 1.165) is 0 Å². The van der Waals surface area contributed by atoms with Crippen molar-refractivity contribution in [1.29, 1.82) is 0 Å². The maximum absolute atomic E-state index is 12.2. The first-order valence-electron chi connectivity index (χ1n) is 4.51. The third kappa shape index (κ3) is 3.46. The summed E-state index contributed by atoms with van der Waals surface area (Å²) in [4.78, 5) is 3.89. The molecule has 0 aliphatic carbocycles. The molecule has 2 unspecified atom stereocenters. The summed E-state index contributed by atoms with van der Waals surface area (Å²) in [5.74, 6) is -0.0985. The van der Waals surface area contributed by atoms with Gasteiger partial charge in [-0.15, -0.1) is 11.3 Å². The zero-order chi connectivity index (χ0) is 11.6. The first-order chi connectivity index (χ1) is 6.80. The van der Waals surface area contributed by atoms with Crippen LogP contribution in [0.5, 0.6) is 0 Å². The zero-order valence-electron chi connectivity index (χ0n) is 8.38. The SMILES string of the molecule is CC(O)CC(C)c1cnc(C(F)(F)F)s1. The van der Waals surface area contributed by atoms with Crippen molar-refractivity contribution < 1.29 is 18.3 Å². The van der Waals surface area contributed by atoms with Gasteiger partial charge in [-0.05, 0) is 19.3 Å². The second kappa shape index (κ2) is 4.49. The summed E-state index contributed by atoms with van der Waals surface area (Å²) in [7, 11) is 0. The molecule has 1 heterocycles. The van der Waals surface area contributed by atoms with E-state index in [1.165, 1.54) is 6.20 Å². The average Bonchev–Trinajstić information content (AvgIpc) is 2.48. The van der Waals surface area contributed by atoms with E-state index in [1.807, 2.05) is 0 Å². The second-order valence-corrected chi connectivity index (χ2v) is 4.61. The molecule has 1 N–H and O–H groups in total. The molecule has 0 radical (unpaired) electrons. The van der Waals surface area contributed by atoms with Gasteiger partial charge >= 0.3 is 6.18 Å². The Bertz CT molecular complexity index is 321. The lowest BCUT2D eigenvalue weighted by molar-refractivity contribution is -0.137. The highest BCUT2D eigenvalue weighted by atomic mass is 32.1. The maximum atomic E-state index is 12.2. The number of nitrogens with zero attached hydrogens (tertiary/aromatic N) is 1. The van der Waals surface area contributed by atoms with Gasteiger partial charge in [0.1, 0.15) is 0 Å². The maximum Gasteiger partial charge on any atom is 0.443 e. The lowest BCUT2D eigenvalue weighted by atomic mass is 10.0. The number of aliphatic hydroxyl groups excluding tert-OH is 1. The summed E-state index contributed by atoms with van der Waals surface area (Å²) in [6, 6.07) is 0. The fourth-order valence-electron chi connectivity index (χ4n) is 1.27. The van der Waals surface area contributed by atoms with Crippen LogP contribution >= 0.6 is 11.3 Å². The summed E-state index contributed by atoms with van der Waals surface area (Å²) in [6.45, 7) is 3.39. The molecule has 0 aromatic carbocycles. The van der Waals surface area contributed by atoms with Gasteiger partial charge < -0.3 is 5.11 Å². The predicted octanol–water partition coefficient (Wildman–Crippen LogP) is 3.04. The van der Waals surface area contributed by atoms with Crippen LogP contribution in [0.25, 0.3) is 0 Å². The van der Waals surface area contributed by atoms with Crippen LogP contribution in [-0.4, -0.2) is 16.2 Å². The Balaban J connectivity index is 2.76. The quantitative estimate of drug-likeness (QED) is 0.879. The third-order valence-corrected chi connectivity index (χ3v) is 3.22. The van der Waals surface area contributed by atoms with Gasteiger partial charge in [0.25, 0.3) is 0 Å². The summed E-state index contributed by atoms with van der Waals surface area (Å²) in [5, 5.41) is 8.29. The Hall–Kier alpha value is -0.620. The number of halogens is 3. The molecule has 0 saturated carbocycles. The molecule has 2 atom stereocenters. The third-order valence-electron chi connectivity index (χ3n) is 1.95. The summed E-state index contributed by atoms with van der Waals surface area (Å²) >= 11 is 0.643. The number of thiazole rings is 1. The normalized spacial score (nSPS) is 16.4. The average molecular weight is 239 g/mol. The molecular formula is C9H12F3NOS. The molecule has 0 aliphatic rings. The van der Waals surface area contributed by atoms with Gasteiger partial charge in [0.15, 0.2) is 5.01 Å². The molecule has 0 bridgehead atoms. The van der Waals surface area contributed by atoms with Gasteiger partial charge in [-0.3, -0.25) is 0 Å². The van der Waals surface area contributed by atoms with Crippen LogP contribution in [0.2, 0.25) is 0 Å². The van der Waals surface area contributed by atoms with Crippen molar-refractivity contribution in [2.45, 2.75) is 38.5 Å². The van der Waals surface area contributed by atoms with Crippen molar-refractivity contribution in [2.24, 2.45) is 0 Å². The van der Waals surface area contributed by atoms with E-state index in [2.05, 4.69) is 4.98 Å². The Labute approximate surface area is 89.8 Å². The van der Waals surface area contributed by atoms with Crippen molar-refractivity contribution >= 4 is 11.3 Å². The Kier molecular flexibility index (Phi) is 3.72. The molecule has 15 heavy (non-hydrogen) atoms. The van der Waals surface area contributed by atoms with Crippen LogP contribution in [0.1, 0.15) is 36.1 Å². The fourth-order valence-corrected chi connectivity index (χ4v) is 2.12. The van der Waals surface area contributed by atoms with Gasteiger partial charge in [-0.25, -0.2) is 4.98 Å². The minimum absolute atomic E-state index is 0.0985. The van der Waals surface area contributed by atoms with Crippen molar-refractivity contribution in [1.82, 2.24) is 4.98 Å². The van der Waals surface area contributed by atoms with Gasteiger partial charge in [0, 0.05) is 11.1 Å². The van der Waals surface area contributed by atoms with Gasteiger partial charge in [0.2, 0.25) is 0 Å². The van der Waals surface area contributed by atoms with Crippen LogP contribution in [-0.2, 0) is 6.18 Å². The van der Waals surface area contributed by atoms with Crippen LogP contribution in [0.4, 0.5) is 13.2 Å². The minimum atomic E-state index is -4.37. The monoisotopic (exact) mass is 239 g/mol. The lowest BCUT2D eigenvalue weighted by Crippen LogP contribution is -2.04.